The van der Waals surface area contributed by atoms with E-state index in [4.69, 9.17) is 10.8 Å². The summed E-state index contributed by atoms with van der Waals surface area (Å²) in [4.78, 5) is 22.9. The van der Waals surface area contributed by atoms with Crippen LogP contribution in [0.15, 0.2) is 0 Å². The van der Waals surface area contributed by atoms with Crippen LogP contribution >= 0.6 is 0 Å². The fraction of sp³-hybridized carbons (Fsp3) is 0.800. The van der Waals surface area contributed by atoms with Gasteiger partial charge in [-0.15, -0.1) is 0 Å². The lowest BCUT2D eigenvalue weighted by atomic mass is 10.1. The fourth-order valence-corrected chi connectivity index (χ4v) is 1.26. The molecule has 0 unspecified atom stereocenters. The van der Waals surface area contributed by atoms with Crippen LogP contribution in [0.2, 0.25) is 0 Å². The molecule has 0 spiro atoms. The SMILES string of the molecule is CN(CC(=O)O)C(=O)CCCCCCN. The minimum atomic E-state index is -0.978. The summed E-state index contributed by atoms with van der Waals surface area (Å²) in [6.07, 6.45) is 4.23. The largest absolute Gasteiger partial charge is 0.480 e. The number of amides is 1. The lowest BCUT2D eigenvalue weighted by molar-refractivity contribution is -0.143. The van der Waals surface area contributed by atoms with Crippen LogP contribution < -0.4 is 5.73 Å². The zero-order valence-corrected chi connectivity index (χ0v) is 9.24. The first-order valence-corrected chi connectivity index (χ1v) is 5.23. The lowest BCUT2D eigenvalue weighted by Crippen LogP contribution is -2.31. The Morgan fingerprint density at radius 3 is 2.33 bits per heavy atom. The summed E-state index contributed by atoms with van der Waals surface area (Å²) in [7, 11) is 1.51. The zero-order chi connectivity index (χ0) is 11.7. The van der Waals surface area contributed by atoms with E-state index in [1.165, 1.54) is 11.9 Å². The highest BCUT2D eigenvalue weighted by Crippen LogP contribution is 2.04. The van der Waals surface area contributed by atoms with E-state index in [0.29, 0.717) is 13.0 Å². The Labute approximate surface area is 90.2 Å². The van der Waals surface area contributed by atoms with Gasteiger partial charge in [-0.1, -0.05) is 12.8 Å². The maximum absolute atomic E-state index is 11.3. The van der Waals surface area contributed by atoms with Crippen molar-refractivity contribution in [2.75, 3.05) is 20.1 Å². The molecular formula is C10H20N2O3. The second-order valence-corrected chi connectivity index (χ2v) is 3.60. The van der Waals surface area contributed by atoms with Gasteiger partial charge in [0.25, 0.3) is 0 Å². The Bertz CT molecular complexity index is 207. The molecule has 1 amide bonds. The van der Waals surface area contributed by atoms with Crippen molar-refractivity contribution in [2.24, 2.45) is 5.73 Å². The minimum absolute atomic E-state index is 0.106. The van der Waals surface area contributed by atoms with Crippen LogP contribution in [0.4, 0.5) is 0 Å². The highest BCUT2D eigenvalue weighted by atomic mass is 16.4. The van der Waals surface area contributed by atoms with Crippen molar-refractivity contribution in [1.29, 1.82) is 0 Å². The normalized spacial score (nSPS) is 10.0. The van der Waals surface area contributed by atoms with Crippen LogP contribution in [0.5, 0.6) is 0 Å². The summed E-state index contributed by atoms with van der Waals surface area (Å²) in [5, 5.41) is 8.47. The third-order valence-electron chi connectivity index (χ3n) is 2.14. The molecule has 0 aromatic rings. The predicted molar refractivity (Wildman–Crippen MR) is 57.4 cm³/mol. The first-order chi connectivity index (χ1) is 7.07. The summed E-state index contributed by atoms with van der Waals surface area (Å²) < 4.78 is 0. The van der Waals surface area contributed by atoms with Gasteiger partial charge in [0, 0.05) is 13.5 Å². The Morgan fingerprint density at radius 1 is 1.20 bits per heavy atom. The molecule has 15 heavy (non-hydrogen) atoms. The molecule has 0 aliphatic carbocycles. The van der Waals surface area contributed by atoms with Crippen LogP contribution in [0.1, 0.15) is 32.1 Å². The number of nitrogens with zero attached hydrogens (tertiary/aromatic N) is 1. The number of carboxylic acid groups (broad SMARTS) is 1. The average Bonchev–Trinajstić information content (AvgIpc) is 2.16. The summed E-state index contributed by atoms with van der Waals surface area (Å²) in [5.41, 5.74) is 5.33. The number of rotatable bonds is 8. The van der Waals surface area contributed by atoms with Crippen molar-refractivity contribution in [1.82, 2.24) is 4.90 Å². The molecule has 0 saturated heterocycles. The van der Waals surface area contributed by atoms with Crippen LogP contribution in [-0.4, -0.2) is 42.0 Å². The molecule has 0 aliphatic rings. The van der Waals surface area contributed by atoms with E-state index in [9.17, 15) is 9.59 Å². The van der Waals surface area contributed by atoms with Crippen molar-refractivity contribution in [3.8, 4) is 0 Å². The minimum Gasteiger partial charge on any atom is -0.480 e. The molecule has 0 aromatic carbocycles. The predicted octanol–water partition coefficient (Wildman–Crippen LogP) is 0.439. The van der Waals surface area contributed by atoms with Crippen LogP contribution in [0, 0.1) is 0 Å². The van der Waals surface area contributed by atoms with E-state index in [2.05, 4.69) is 0 Å². The topological polar surface area (TPSA) is 83.6 Å². The molecule has 0 heterocycles. The van der Waals surface area contributed by atoms with E-state index in [1.54, 1.807) is 0 Å². The van der Waals surface area contributed by atoms with E-state index < -0.39 is 5.97 Å². The summed E-state index contributed by atoms with van der Waals surface area (Å²) in [6, 6.07) is 0. The molecule has 0 bridgehead atoms. The summed E-state index contributed by atoms with van der Waals surface area (Å²) in [6.45, 7) is 0.467. The maximum Gasteiger partial charge on any atom is 0.323 e. The van der Waals surface area contributed by atoms with E-state index in [1.807, 2.05) is 0 Å². The standard InChI is InChI=1S/C10H20N2O3/c1-12(8-10(14)15)9(13)6-4-2-3-5-7-11/h2-8,11H2,1H3,(H,14,15). The second kappa shape index (κ2) is 8.23. The highest BCUT2D eigenvalue weighted by Gasteiger charge is 2.10. The number of likely N-dealkylation sites (N-methyl/N-ethyl adjacent to an activating group) is 1. The van der Waals surface area contributed by atoms with Gasteiger partial charge in [0.15, 0.2) is 0 Å². The van der Waals surface area contributed by atoms with E-state index >= 15 is 0 Å². The Balaban J connectivity index is 3.51. The summed E-state index contributed by atoms with van der Waals surface area (Å²) >= 11 is 0. The number of hydrogen-bond donors (Lipinski definition) is 2. The molecule has 88 valence electrons. The second-order valence-electron chi connectivity index (χ2n) is 3.60. The molecule has 5 nitrogen and oxygen atoms in total. The van der Waals surface area contributed by atoms with Crippen molar-refractivity contribution < 1.29 is 14.7 Å². The van der Waals surface area contributed by atoms with Crippen molar-refractivity contribution in [3.05, 3.63) is 0 Å². The first kappa shape index (κ1) is 13.9. The van der Waals surface area contributed by atoms with E-state index in [0.717, 1.165) is 25.7 Å². The van der Waals surface area contributed by atoms with Gasteiger partial charge in [-0.05, 0) is 19.4 Å². The number of nitrogens with two attached hydrogens (primary N) is 1. The Kier molecular flexibility index (Phi) is 7.62. The van der Waals surface area contributed by atoms with Crippen molar-refractivity contribution in [3.63, 3.8) is 0 Å². The van der Waals surface area contributed by atoms with Gasteiger partial charge in [-0.2, -0.15) is 0 Å². The van der Waals surface area contributed by atoms with Gasteiger partial charge in [-0.3, -0.25) is 9.59 Å². The number of unbranched alkanes of at least 4 members (excludes halogenated alkanes) is 3. The highest BCUT2D eigenvalue weighted by molar-refractivity contribution is 5.80. The molecule has 0 rings (SSSR count). The molecule has 3 N–H and O–H groups in total. The first-order valence-electron chi connectivity index (χ1n) is 5.23. The molecule has 0 fully saturated rings. The van der Waals surface area contributed by atoms with Gasteiger partial charge >= 0.3 is 5.97 Å². The van der Waals surface area contributed by atoms with Crippen molar-refractivity contribution >= 4 is 11.9 Å². The fourth-order valence-electron chi connectivity index (χ4n) is 1.26. The molecule has 0 aromatic heterocycles. The molecule has 5 heteroatoms. The Morgan fingerprint density at radius 2 is 1.80 bits per heavy atom. The van der Waals surface area contributed by atoms with Gasteiger partial charge in [0.2, 0.25) is 5.91 Å². The average molecular weight is 216 g/mol. The number of aliphatic carboxylic acids is 1. The number of carbonyl (C=O) groups excluding carboxylic acids is 1. The smallest absolute Gasteiger partial charge is 0.323 e. The quantitative estimate of drug-likeness (QED) is 0.577. The van der Waals surface area contributed by atoms with Gasteiger partial charge in [0.05, 0.1) is 0 Å². The number of carboxylic acids is 1. The third-order valence-corrected chi connectivity index (χ3v) is 2.14. The van der Waals surface area contributed by atoms with Crippen LogP contribution in [-0.2, 0) is 9.59 Å². The number of carbonyl (C=O) groups is 2. The molecule has 0 saturated carbocycles. The van der Waals surface area contributed by atoms with Crippen molar-refractivity contribution in [2.45, 2.75) is 32.1 Å². The lowest BCUT2D eigenvalue weighted by Gasteiger charge is -2.13. The molecule has 0 atom stereocenters. The maximum atomic E-state index is 11.3. The zero-order valence-electron chi connectivity index (χ0n) is 9.24. The molecule has 0 aliphatic heterocycles. The third kappa shape index (κ3) is 7.93. The van der Waals surface area contributed by atoms with Gasteiger partial charge in [-0.25, -0.2) is 0 Å². The van der Waals surface area contributed by atoms with E-state index in [-0.39, 0.29) is 12.5 Å². The monoisotopic (exact) mass is 216 g/mol. The van der Waals surface area contributed by atoms with Gasteiger partial charge in [0.1, 0.15) is 6.54 Å². The molecule has 0 radical (unpaired) electrons. The summed E-state index contributed by atoms with van der Waals surface area (Å²) in [5.74, 6) is -1.08. The van der Waals surface area contributed by atoms with Gasteiger partial charge < -0.3 is 15.7 Å². The Hall–Kier alpha value is -1.10. The molecular weight excluding hydrogens is 196 g/mol. The number of hydrogen-bond acceptors (Lipinski definition) is 3. The van der Waals surface area contributed by atoms with Crippen LogP contribution in [0.25, 0.3) is 0 Å². The van der Waals surface area contributed by atoms with Crippen LogP contribution in [0.3, 0.4) is 0 Å².